The number of rotatable bonds is 3. The van der Waals surface area contributed by atoms with E-state index in [1.807, 2.05) is 28.5 Å². The number of thiophene rings is 1. The molecule has 2 heterocycles. The second-order valence-electron chi connectivity index (χ2n) is 4.11. The summed E-state index contributed by atoms with van der Waals surface area (Å²) in [6, 6.07) is 3.99. The van der Waals surface area contributed by atoms with Gasteiger partial charge < -0.3 is 9.64 Å². The molecule has 0 aliphatic carbocycles. The summed E-state index contributed by atoms with van der Waals surface area (Å²) in [5.74, 6) is 0.105. The van der Waals surface area contributed by atoms with Gasteiger partial charge in [-0.25, -0.2) is 0 Å². The van der Waals surface area contributed by atoms with Gasteiger partial charge in [0.05, 0.1) is 6.10 Å². The monoisotopic (exact) mass is 251 g/mol. The van der Waals surface area contributed by atoms with E-state index in [-0.39, 0.29) is 5.91 Å². The molecule has 2 rings (SSSR count). The summed E-state index contributed by atoms with van der Waals surface area (Å²) >= 11 is 1.64. The maximum Gasteiger partial charge on any atom is 0.246 e. The van der Waals surface area contributed by atoms with Crippen LogP contribution in [0.15, 0.2) is 23.6 Å². The Morgan fingerprint density at radius 3 is 2.88 bits per heavy atom. The average Bonchev–Trinajstić information content (AvgIpc) is 2.89. The highest BCUT2D eigenvalue weighted by molar-refractivity contribution is 7.10. The average molecular weight is 251 g/mol. The molecule has 1 saturated heterocycles. The van der Waals surface area contributed by atoms with Gasteiger partial charge in [-0.3, -0.25) is 4.79 Å². The highest BCUT2D eigenvalue weighted by Gasteiger charge is 2.20. The van der Waals surface area contributed by atoms with Gasteiger partial charge in [0.15, 0.2) is 0 Å². The van der Waals surface area contributed by atoms with Crippen LogP contribution >= 0.6 is 11.3 Å². The molecule has 0 saturated carbocycles. The molecule has 0 spiro atoms. The van der Waals surface area contributed by atoms with Crippen molar-refractivity contribution in [2.45, 2.75) is 18.9 Å². The van der Waals surface area contributed by atoms with Crippen molar-refractivity contribution in [3.8, 4) is 0 Å². The van der Waals surface area contributed by atoms with Crippen LogP contribution in [0.2, 0.25) is 0 Å². The fourth-order valence-corrected chi connectivity index (χ4v) is 2.57. The van der Waals surface area contributed by atoms with Crippen molar-refractivity contribution in [1.82, 2.24) is 4.90 Å². The van der Waals surface area contributed by atoms with Crippen LogP contribution in [0.5, 0.6) is 0 Å². The van der Waals surface area contributed by atoms with E-state index in [0.717, 1.165) is 30.8 Å². The van der Waals surface area contributed by atoms with Gasteiger partial charge in [0.1, 0.15) is 0 Å². The third kappa shape index (κ3) is 3.41. The fraction of sp³-hybridized carbons (Fsp3) is 0.462. The minimum atomic E-state index is 0.105. The van der Waals surface area contributed by atoms with Crippen LogP contribution in [0.4, 0.5) is 0 Å². The lowest BCUT2D eigenvalue weighted by molar-refractivity contribution is -0.128. The number of hydrogen-bond donors (Lipinski definition) is 0. The van der Waals surface area contributed by atoms with Gasteiger partial charge in [0.25, 0.3) is 0 Å². The Balaban J connectivity index is 1.85. The molecule has 1 aliphatic heterocycles. The van der Waals surface area contributed by atoms with Crippen LogP contribution in [0.25, 0.3) is 6.08 Å². The van der Waals surface area contributed by atoms with Gasteiger partial charge in [0, 0.05) is 31.2 Å². The Kier molecular flexibility index (Phi) is 4.34. The van der Waals surface area contributed by atoms with E-state index in [0.29, 0.717) is 6.10 Å². The molecule has 0 bridgehead atoms. The first kappa shape index (κ1) is 12.3. The number of amides is 1. The molecule has 0 radical (unpaired) electrons. The molecule has 0 unspecified atom stereocenters. The lowest BCUT2D eigenvalue weighted by Gasteiger charge is -2.30. The first-order valence-electron chi connectivity index (χ1n) is 5.83. The van der Waals surface area contributed by atoms with Crippen molar-refractivity contribution in [2.75, 3.05) is 20.2 Å². The van der Waals surface area contributed by atoms with Crippen LogP contribution in [-0.2, 0) is 9.53 Å². The van der Waals surface area contributed by atoms with Gasteiger partial charge in [-0.05, 0) is 30.4 Å². The predicted octanol–water partition coefficient (Wildman–Crippen LogP) is 2.40. The van der Waals surface area contributed by atoms with Gasteiger partial charge in [0.2, 0.25) is 5.91 Å². The summed E-state index contributed by atoms with van der Waals surface area (Å²) in [4.78, 5) is 14.9. The van der Waals surface area contributed by atoms with Gasteiger partial charge in [-0.2, -0.15) is 0 Å². The summed E-state index contributed by atoms with van der Waals surface area (Å²) < 4.78 is 5.28. The summed E-state index contributed by atoms with van der Waals surface area (Å²) in [6.45, 7) is 1.60. The molecular weight excluding hydrogens is 234 g/mol. The normalized spacial score (nSPS) is 17.8. The van der Waals surface area contributed by atoms with Crippen LogP contribution < -0.4 is 0 Å². The topological polar surface area (TPSA) is 29.5 Å². The highest BCUT2D eigenvalue weighted by atomic mass is 32.1. The minimum Gasteiger partial charge on any atom is -0.381 e. The van der Waals surface area contributed by atoms with E-state index >= 15 is 0 Å². The zero-order chi connectivity index (χ0) is 12.1. The van der Waals surface area contributed by atoms with E-state index in [1.54, 1.807) is 24.5 Å². The molecule has 4 heteroatoms. The standard InChI is InChI=1S/C13H17NO2S/c1-16-11-6-8-14(9-7-11)13(15)5-4-12-3-2-10-17-12/h2-5,10-11H,6-9H2,1H3. The third-order valence-corrected chi connectivity index (χ3v) is 3.86. The molecule has 1 fully saturated rings. The molecule has 3 nitrogen and oxygen atoms in total. The predicted molar refractivity (Wildman–Crippen MR) is 70.0 cm³/mol. The minimum absolute atomic E-state index is 0.105. The van der Waals surface area contributed by atoms with Crippen LogP contribution in [0.3, 0.4) is 0 Å². The second-order valence-corrected chi connectivity index (χ2v) is 5.09. The number of likely N-dealkylation sites (tertiary alicyclic amines) is 1. The number of methoxy groups -OCH3 is 1. The Morgan fingerprint density at radius 2 is 2.29 bits per heavy atom. The number of piperidine rings is 1. The van der Waals surface area contributed by atoms with E-state index in [4.69, 9.17) is 4.74 Å². The van der Waals surface area contributed by atoms with Crippen molar-refractivity contribution in [1.29, 1.82) is 0 Å². The van der Waals surface area contributed by atoms with Crippen molar-refractivity contribution in [2.24, 2.45) is 0 Å². The van der Waals surface area contributed by atoms with Crippen molar-refractivity contribution in [3.05, 3.63) is 28.5 Å². The Hall–Kier alpha value is -1.13. The van der Waals surface area contributed by atoms with E-state index < -0.39 is 0 Å². The van der Waals surface area contributed by atoms with Crippen molar-refractivity contribution in [3.63, 3.8) is 0 Å². The molecule has 1 aromatic rings. The Bertz CT molecular complexity index is 378. The van der Waals surface area contributed by atoms with Crippen molar-refractivity contribution < 1.29 is 9.53 Å². The molecule has 92 valence electrons. The molecule has 0 aromatic carbocycles. The SMILES string of the molecule is COC1CCN(C(=O)C=Cc2cccs2)CC1. The van der Waals surface area contributed by atoms with Crippen molar-refractivity contribution >= 4 is 23.3 Å². The van der Waals surface area contributed by atoms with E-state index in [1.165, 1.54) is 0 Å². The lowest BCUT2D eigenvalue weighted by Crippen LogP contribution is -2.39. The smallest absolute Gasteiger partial charge is 0.246 e. The third-order valence-electron chi connectivity index (χ3n) is 3.02. The number of nitrogens with zero attached hydrogens (tertiary/aromatic N) is 1. The fourth-order valence-electron chi connectivity index (χ4n) is 1.96. The number of carbonyl (C=O) groups excluding carboxylic acids is 1. The molecular formula is C13H17NO2S. The van der Waals surface area contributed by atoms with Crippen LogP contribution in [-0.4, -0.2) is 37.1 Å². The molecule has 0 atom stereocenters. The number of hydrogen-bond acceptors (Lipinski definition) is 3. The largest absolute Gasteiger partial charge is 0.381 e. The zero-order valence-corrected chi connectivity index (χ0v) is 10.8. The van der Waals surface area contributed by atoms with Crippen LogP contribution in [0.1, 0.15) is 17.7 Å². The van der Waals surface area contributed by atoms with E-state index in [9.17, 15) is 4.79 Å². The molecule has 0 N–H and O–H groups in total. The summed E-state index contributed by atoms with van der Waals surface area (Å²) in [7, 11) is 1.73. The number of ether oxygens (including phenoxy) is 1. The first-order valence-corrected chi connectivity index (χ1v) is 6.71. The Morgan fingerprint density at radius 1 is 1.53 bits per heavy atom. The van der Waals surface area contributed by atoms with Gasteiger partial charge >= 0.3 is 0 Å². The molecule has 1 amide bonds. The molecule has 1 aromatic heterocycles. The maximum absolute atomic E-state index is 11.9. The molecule has 1 aliphatic rings. The highest BCUT2D eigenvalue weighted by Crippen LogP contribution is 2.14. The zero-order valence-electron chi connectivity index (χ0n) is 9.96. The van der Waals surface area contributed by atoms with Crippen LogP contribution in [0, 0.1) is 0 Å². The lowest BCUT2D eigenvalue weighted by atomic mass is 10.1. The Labute approximate surface area is 106 Å². The summed E-state index contributed by atoms with van der Waals surface area (Å²) in [5.41, 5.74) is 0. The molecule has 17 heavy (non-hydrogen) atoms. The first-order chi connectivity index (χ1) is 8.29. The quantitative estimate of drug-likeness (QED) is 0.772. The maximum atomic E-state index is 11.9. The summed E-state index contributed by atoms with van der Waals surface area (Å²) in [5, 5.41) is 2.01. The van der Waals surface area contributed by atoms with E-state index in [2.05, 4.69) is 0 Å². The number of carbonyl (C=O) groups is 1. The van der Waals surface area contributed by atoms with Gasteiger partial charge in [-0.1, -0.05) is 6.07 Å². The second kappa shape index (κ2) is 5.98. The summed E-state index contributed by atoms with van der Waals surface area (Å²) in [6.07, 6.45) is 5.75. The van der Waals surface area contributed by atoms with Gasteiger partial charge in [-0.15, -0.1) is 11.3 Å².